The Morgan fingerprint density at radius 3 is 1.54 bits per heavy atom. The molecule has 2 heterocycles. The number of hydrogen-bond acceptors (Lipinski definition) is 8. The van der Waals surface area contributed by atoms with Gasteiger partial charge >= 0.3 is 11.9 Å². The van der Waals surface area contributed by atoms with Crippen LogP contribution in [-0.2, 0) is 38.1 Å². The fourth-order valence-electron chi connectivity index (χ4n) is 2.77. The van der Waals surface area contributed by atoms with Gasteiger partial charge in [-0.15, -0.1) is 0 Å². The third kappa shape index (κ3) is 5.95. The first-order valence-corrected chi connectivity index (χ1v) is 8.48. The van der Waals surface area contributed by atoms with Gasteiger partial charge in [-0.25, -0.2) is 0 Å². The average molecular weight is 372 g/mol. The van der Waals surface area contributed by atoms with Gasteiger partial charge in [-0.2, -0.15) is 0 Å². The molecule has 0 aromatic heterocycles. The minimum absolute atomic E-state index is 0.0506. The molecule has 0 unspecified atom stereocenters. The topological polar surface area (TPSA) is 129 Å². The Morgan fingerprint density at radius 2 is 1.19 bits per heavy atom. The molecule has 4 atom stereocenters. The van der Waals surface area contributed by atoms with Gasteiger partial charge in [0.05, 0.1) is 26.1 Å². The van der Waals surface area contributed by atoms with Gasteiger partial charge in [0.1, 0.15) is 12.2 Å². The highest BCUT2D eigenvalue weighted by molar-refractivity contribution is 5.75. The summed E-state index contributed by atoms with van der Waals surface area (Å²) < 4.78 is 21.8. The highest BCUT2D eigenvalue weighted by Crippen LogP contribution is 2.30. The normalized spacial score (nSPS) is 26.7. The summed E-state index contributed by atoms with van der Waals surface area (Å²) in [4.78, 5) is 45.1. The van der Waals surface area contributed by atoms with Crippen molar-refractivity contribution in [1.29, 1.82) is 0 Å². The van der Waals surface area contributed by atoms with Crippen LogP contribution in [0.15, 0.2) is 0 Å². The van der Waals surface area contributed by atoms with Crippen molar-refractivity contribution in [2.75, 3.05) is 26.3 Å². The minimum atomic E-state index is -0.576. The molecule has 2 amide bonds. The molecule has 26 heavy (non-hydrogen) atoms. The van der Waals surface area contributed by atoms with Crippen molar-refractivity contribution in [2.24, 2.45) is 0 Å². The number of hydrogen-bond donors (Lipinski definition) is 2. The first-order valence-electron chi connectivity index (χ1n) is 8.48. The van der Waals surface area contributed by atoms with Crippen LogP contribution in [0.3, 0.4) is 0 Å². The number of ether oxygens (including phenoxy) is 4. The van der Waals surface area contributed by atoms with Crippen molar-refractivity contribution < 1.29 is 38.1 Å². The summed E-state index contributed by atoms with van der Waals surface area (Å²) in [7, 11) is 0. The van der Waals surface area contributed by atoms with Crippen molar-refractivity contribution in [3.05, 3.63) is 0 Å². The Bertz CT molecular complexity index is 504. The van der Waals surface area contributed by atoms with Gasteiger partial charge < -0.3 is 29.6 Å². The standard InChI is InChI=1S/C16H24N2O8/c1-9(19)17-5-3-13(21)25-11-7-23-16-12(8-24-15(11)16)26-14(22)4-6-18-10(2)20/h11-12,15-16H,3-8H2,1-2H3,(H,17,19)(H,18,20)/t11-,12-,15+,16+/m0/s1. The van der Waals surface area contributed by atoms with Crippen LogP contribution in [0.4, 0.5) is 0 Å². The number of nitrogens with one attached hydrogen (secondary N) is 2. The zero-order valence-corrected chi connectivity index (χ0v) is 14.8. The van der Waals surface area contributed by atoms with Crippen LogP contribution in [0.25, 0.3) is 0 Å². The second-order valence-corrected chi connectivity index (χ2v) is 6.12. The van der Waals surface area contributed by atoms with Gasteiger partial charge in [-0.1, -0.05) is 0 Å². The summed E-state index contributed by atoms with van der Waals surface area (Å²) >= 11 is 0. The highest BCUT2D eigenvalue weighted by atomic mass is 16.7. The van der Waals surface area contributed by atoms with Crippen LogP contribution in [0.1, 0.15) is 26.7 Å². The van der Waals surface area contributed by atoms with Crippen molar-refractivity contribution in [3.8, 4) is 0 Å². The first kappa shape index (κ1) is 20.1. The summed E-state index contributed by atoms with van der Waals surface area (Å²) in [6.07, 6.45) is -2.04. The summed E-state index contributed by atoms with van der Waals surface area (Å²) in [5.74, 6) is -1.37. The molecular formula is C16H24N2O8. The Labute approximate surface area is 150 Å². The van der Waals surface area contributed by atoms with Crippen LogP contribution in [0, 0.1) is 0 Å². The Morgan fingerprint density at radius 1 is 0.808 bits per heavy atom. The largest absolute Gasteiger partial charge is 0.457 e. The monoisotopic (exact) mass is 372 g/mol. The molecule has 0 aromatic carbocycles. The summed E-state index contributed by atoms with van der Waals surface area (Å²) in [5.41, 5.74) is 0. The molecular weight excluding hydrogens is 348 g/mol. The first-order chi connectivity index (χ1) is 12.4. The van der Waals surface area contributed by atoms with Crippen molar-refractivity contribution in [1.82, 2.24) is 10.6 Å². The van der Waals surface area contributed by atoms with Crippen LogP contribution in [0.5, 0.6) is 0 Å². The van der Waals surface area contributed by atoms with E-state index in [1.165, 1.54) is 13.8 Å². The molecule has 0 aromatic rings. The van der Waals surface area contributed by atoms with Gasteiger partial charge in [0.25, 0.3) is 0 Å². The highest BCUT2D eigenvalue weighted by Gasteiger charge is 2.51. The van der Waals surface area contributed by atoms with Crippen LogP contribution in [-0.4, -0.2) is 74.5 Å². The Hall–Kier alpha value is -2.20. The third-order valence-corrected chi connectivity index (χ3v) is 3.93. The number of carbonyl (C=O) groups is 4. The third-order valence-electron chi connectivity index (χ3n) is 3.93. The maximum absolute atomic E-state index is 11.8. The van der Waals surface area contributed by atoms with Crippen LogP contribution >= 0.6 is 0 Å². The molecule has 2 rings (SSSR count). The molecule has 2 saturated heterocycles. The van der Waals surface area contributed by atoms with E-state index >= 15 is 0 Å². The molecule has 0 bridgehead atoms. The van der Waals surface area contributed by atoms with Gasteiger partial charge in [-0.05, 0) is 0 Å². The maximum atomic E-state index is 11.8. The fourth-order valence-corrected chi connectivity index (χ4v) is 2.77. The van der Waals surface area contributed by atoms with E-state index in [0.717, 1.165) is 0 Å². The lowest BCUT2D eigenvalue weighted by molar-refractivity contribution is -0.155. The maximum Gasteiger partial charge on any atom is 0.308 e. The predicted molar refractivity (Wildman–Crippen MR) is 85.8 cm³/mol. The molecule has 0 aliphatic carbocycles. The van der Waals surface area contributed by atoms with E-state index in [9.17, 15) is 19.2 Å². The van der Waals surface area contributed by atoms with Gasteiger partial charge in [-0.3, -0.25) is 19.2 Å². The van der Waals surface area contributed by atoms with Crippen molar-refractivity contribution in [2.45, 2.75) is 51.1 Å². The van der Waals surface area contributed by atoms with Crippen molar-refractivity contribution in [3.63, 3.8) is 0 Å². The molecule has 146 valence electrons. The molecule has 10 nitrogen and oxygen atoms in total. The summed E-state index contributed by atoms with van der Waals surface area (Å²) in [6, 6.07) is 0. The molecule has 2 N–H and O–H groups in total. The lowest BCUT2D eigenvalue weighted by atomic mass is 10.1. The van der Waals surface area contributed by atoms with E-state index in [1.54, 1.807) is 0 Å². The van der Waals surface area contributed by atoms with E-state index in [-0.39, 0.29) is 51.0 Å². The zero-order chi connectivity index (χ0) is 19.1. The molecule has 0 saturated carbocycles. The second kappa shape index (κ2) is 9.48. The number of amides is 2. The van der Waals surface area contributed by atoms with E-state index in [1.807, 2.05) is 0 Å². The Balaban J connectivity index is 1.72. The van der Waals surface area contributed by atoms with Crippen molar-refractivity contribution >= 4 is 23.8 Å². The smallest absolute Gasteiger partial charge is 0.308 e. The summed E-state index contributed by atoms with van der Waals surface area (Å²) in [5, 5.41) is 5.03. The zero-order valence-electron chi connectivity index (χ0n) is 14.8. The number of rotatable bonds is 8. The quantitative estimate of drug-likeness (QED) is 0.501. The predicted octanol–water partition coefficient (Wildman–Crippen LogP) is -1.34. The molecule has 2 fully saturated rings. The van der Waals surface area contributed by atoms with Crippen LogP contribution in [0.2, 0.25) is 0 Å². The second-order valence-electron chi connectivity index (χ2n) is 6.12. The van der Waals surface area contributed by atoms with Gasteiger partial charge in [0.15, 0.2) is 12.2 Å². The SMILES string of the molecule is CC(=O)NCCC(=O)O[C@H]1CO[C@H]2[C@@H]1OC[C@@H]2OC(=O)CCNC(C)=O. The summed E-state index contributed by atoms with van der Waals surface area (Å²) in [6.45, 7) is 3.44. The molecule has 0 spiro atoms. The number of carbonyl (C=O) groups excluding carboxylic acids is 4. The Kier molecular flexibility index (Phi) is 7.34. The van der Waals surface area contributed by atoms with E-state index < -0.39 is 36.4 Å². The number of fused-ring (bicyclic) bond motifs is 1. The van der Waals surface area contributed by atoms with E-state index in [4.69, 9.17) is 18.9 Å². The number of esters is 2. The van der Waals surface area contributed by atoms with Gasteiger partial charge in [0, 0.05) is 26.9 Å². The molecule has 2 aliphatic rings. The van der Waals surface area contributed by atoms with Crippen LogP contribution < -0.4 is 10.6 Å². The van der Waals surface area contributed by atoms with E-state index in [0.29, 0.717) is 0 Å². The molecule has 0 radical (unpaired) electrons. The minimum Gasteiger partial charge on any atom is -0.457 e. The van der Waals surface area contributed by atoms with Gasteiger partial charge in [0.2, 0.25) is 11.8 Å². The molecule has 10 heteroatoms. The lowest BCUT2D eigenvalue weighted by Gasteiger charge is -2.17. The van der Waals surface area contributed by atoms with E-state index in [2.05, 4.69) is 10.6 Å². The molecule has 2 aliphatic heterocycles. The fraction of sp³-hybridized carbons (Fsp3) is 0.750. The lowest BCUT2D eigenvalue weighted by Crippen LogP contribution is -2.36. The average Bonchev–Trinajstić information content (AvgIpc) is 3.10.